The van der Waals surface area contributed by atoms with Crippen LogP contribution in [0.3, 0.4) is 0 Å². The highest BCUT2D eigenvalue weighted by Crippen LogP contribution is 2.43. The molecule has 1 saturated carbocycles. The van der Waals surface area contributed by atoms with E-state index in [2.05, 4.69) is 93.6 Å². The number of tetrazole rings is 1. The van der Waals surface area contributed by atoms with Crippen LogP contribution in [0.25, 0.3) is 33.7 Å². The minimum absolute atomic E-state index is 0.631. The summed E-state index contributed by atoms with van der Waals surface area (Å²) in [5, 5.41) is 14.3. The summed E-state index contributed by atoms with van der Waals surface area (Å²) in [6, 6.07) is 19.5. The Labute approximate surface area is 211 Å². The molecule has 5 aromatic rings. The van der Waals surface area contributed by atoms with Crippen molar-refractivity contribution in [2.45, 2.75) is 64.8 Å². The topological polar surface area (TPSA) is 85.2 Å². The number of hydrogen-bond donors (Lipinski definition) is 1. The maximum Gasteiger partial charge on any atom is 0.174 e. The fourth-order valence-electron chi connectivity index (χ4n) is 4.87. The largest absolute Gasteiger partial charge is 0.328 e. The van der Waals surface area contributed by atoms with Crippen molar-refractivity contribution in [2.75, 3.05) is 0 Å². The van der Waals surface area contributed by atoms with Gasteiger partial charge in [0.2, 0.25) is 0 Å². The molecule has 36 heavy (non-hydrogen) atoms. The van der Waals surface area contributed by atoms with Crippen LogP contribution in [0.4, 0.5) is 0 Å². The second kappa shape index (κ2) is 9.64. The third-order valence-corrected chi connectivity index (χ3v) is 7.07. The lowest BCUT2D eigenvalue weighted by Crippen LogP contribution is -2.05. The van der Waals surface area contributed by atoms with Gasteiger partial charge in [-0.05, 0) is 51.5 Å². The highest BCUT2D eigenvalue weighted by Gasteiger charge is 2.29. The predicted octanol–water partition coefficient (Wildman–Crippen LogP) is 6.19. The van der Waals surface area contributed by atoms with E-state index in [1.165, 1.54) is 29.7 Å². The molecule has 6 rings (SSSR count). The number of aromatic amines is 1. The number of unbranched alkanes of at least 4 members (excludes halogenated alkanes) is 2. The number of fused-ring (bicyclic) bond motifs is 1. The second-order valence-corrected chi connectivity index (χ2v) is 10.00. The van der Waals surface area contributed by atoms with E-state index in [9.17, 15) is 0 Å². The van der Waals surface area contributed by atoms with Crippen molar-refractivity contribution in [2.24, 2.45) is 0 Å². The van der Waals surface area contributed by atoms with Crippen LogP contribution in [-0.2, 0) is 13.0 Å². The first-order valence-electron chi connectivity index (χ1n) is 12.9. The highest BCUT2D eigenvalue weighted by atomic mass is 15.5. The number of hydrogen-bond acceptors (Lipinski definition) is 5. The number of nitrogens with zero attached hydrogens (tertiary/aromatic N) is 6. The molecule has 0 saturated heterocycles. The van der Waals surface area contributed by atoms with Gasteiger partial charge < -0.3 is 4.57 Å². The third-order valence-electron chi connectivity index (χ3n) is 7.07. The van der Waals surface area contributed by atoms with Gasteiger partial charge in [-0.3, -0.25) is 0 Å². The first-order chi connectivity index (χ1) is 17.7. The first-order valence-corrected chi connectivity index (χ1v) is 12.9. The van der Waals surface area contributed by atoms with Gasteiger partial charge in [-0.25, -0.2) is 9.97 Å². The molecule has 3 aromatic heterocycles. The van der Waals surface area contributed by atoms with Crippen molar-refractivity contribution in [1.29, 1.82) is 0 Å². The summed E-state index contributed by atoms with van der Waals surface area (Å²) >= 11 is 0. The number of aryl methyl sites for hydroxylation is 4. The molecule has 3 heterocycles. The molecule has 0 radical (unpaired) electrons. The molecule has 1 N–H and O–H groups in total. The predicted molar refractivity (Wildman–Crippen MR) is 142 cm³/mol. The Balaban J connectivity index is 1.37. The van der Waals surface area contributed by atoms with Gasteiger partial charge in [-0.1, -0.05) is 71.3 Å². The average Bonchev–Trinajstić information content (AvgIpc) is 3.49. The van der Waals surface area contributed by atoms with E-state index in [4.69, 9.17) is 9.97 Å². The molecule has 7 heteroatoms. The maximum atomic E-state index is 5.31. The Morgan fingerprint density at radius 2 is 1.50 bits per heavy atom. The van der Waals surface area contributed by atoms with Crippen LogP contribution in [-0.4, -0.2) is 35.2 Å². The zero-order chi connectivity index (χ0) is 24.5. The van der Waals surface area contributed by atoms with Gasteiger partial charge in [0, 0.05) is 29.8 Å². The van der Waals surface area contributed by atoms with Gasteiger partial charge in [-0.15, -0.1) is 10.2 Å². The van der Waals surface area contributed by atoms with Crippen LogP contribution in [0.1, 0.15) is 60.7 Å². The van der Waals surface area contributed by atoms with E-state index in [-0.39, 0.29) is 0 Å². The third kappa shape index (κ3) is 4.65. The number of nitrogens with one attached hydrogen (secondary N) is 1. The summed E-state index contributed by atoms with van der Waals surface area (Å²) in [7, 11) is 0. The fraction of sp³-hybridized carbons (Fsp3) is 0.345. The van der Waals surface area contributed by atoms with E-state index in [0.717, 1.165) is 71.7 Å². The van der Waals surface area contributed by atoms with Gasteiger partial charge >= 0.3 is 0 Å². The molecule has 0 unspecified atom stereocenters. The van der Waals surface area contributed by atoms with Crippen molar-refractivity contribution >= 4 is 11.2 Å². The Bertz CT molecular complexity index is 1460. The monoisotopic (exact) mass is 477 g/mol. The Morgan fingerprint density at radius 3 is 2.11 bits per heavy atom. The second-order valence-electron chi connectivity index (χ2n) is 10.00. The van der Waals surface area contributed by atoms with Crippen LogP contribution < -0.4 is 0 Å². The molecule has 0 spiro atoms. The van der Waals surface area contributed by atoms with Crippen LogP contribution >= 0.6 is 0 Å². The molecule has 0 atom stereocenters. The molecule has 7 nitrogen and oxygen atoms in total. The summed E-state index contributed by atoms with van der Waals surface area (Å²) in [5.74, 6) is 1.42. The standard InChI is InChI=1S/C29H31N7/c1-19-7-11-22(12-8-19)27-28(23-13-9-20(2)10-14-23)31-29-24(30-27)18-25(21-15-16-21)36(29)17-5-3-4-6-26-32-34-35-33-26/h7-14,18,21H,3-6,15-17H2,1-2H3,(H,32,33,34,35). The van der Waals surface area contributed by atoms with Gasteiger partial charge in [-0.2, -0.15) is 5.21 Å². The van der Waals surface area contributed by atoms with Crippen LogP contribution in [0.15, 0.2) is 54.6 Å². The summed E-state index contributed by atoms with van der Waals surface area (Å²) in [5.41, 5.74) is 9.97. The number of rotatable bonds is 9. The van der Waals surface area contributed by atoms with Crippen molar-refractivity contribution in [3.05, 3.63) is 77.2 Å². The van der Waals surface area contributed by atoms with Crippen molar-refractivity contribution in [1.82, 2.24) is 35.2 Å². The van der Waals surface area contributed by atoms with Gasteiger partial charge in [0.05, 0.1) is 11.4 Å². The van der Waals surface area contributed by atoms with E-state index in [0.29, 0.717) is 5.92 Å². The molecular formula is C29H31N7. The molecule has 0 aliphatic heterocycles. The lowest BCUT2D eigenvalue weighted by Gasteiger charge is -2.13. The molecule has 1 aliphatic carbocycles. The summed E-state index contributed by atoms with van der Waals surface area (Å²) < 4.78 is 2.44. The molecule has 0 bridgehead atoms. The maximum absolute atomic E-state index is 5.31. The number of benzene rings is 2. The van der Waals surface area contributed by atoms with Crippen molar-refractivity contribution < 1.29 is 0 Å². The Kier molecular flexibility index (Phi) is 6.05. The zero-order valence-corrected chi connectivity index (χ0v) is 20.9. The van der Waals surface area contributed by atoms with E-state index in [1.54, 1.807) is 0 Å². The smallest absolute Gasteiger partial charge is 0.174 e. The number of aromatic nitrogens is 7. The lowest BCUT2D eigenvalue weighted by molar-refractivity contribution is 0.577. The molecule has 0 amide bonds. The molecular weight excluding hydrogens is 446 g/mol. The summed E-state index contributed by atoms with van der Waals surface area (Å²) in [6.45, 7) is 5.18. The van der Waals surface area contributed by atoms with Gasteiger partial charge in [0.25, 0.3) is 0 Å². The van der Waals surface area contributed by atoms with E-state index in [1.807, 2.05) is 0 Å². The highest BCUT2D eigenvalue weighted by molar-refractivity contribution is 5.86. The summed E-state index contributed by atoms with van der Waals surface area (Å²) in [6.07, 6.45) is 6.61. The Hall–Kier alpha value is -3.87. The van der Waals surface area contributed by atoms with Gasteiger partial charge in [0.15, 0.2) is 11.5 Å². The van der Waals surface area contributed by atoms with E-state index >= 15 is 0 Å². The average molecular weight is 478 g/mol. The minimum atomic E-state index is 0.631. The number of H-pyrrole nitrogens is 1. The molecule has 1 aliphatic rings. The molecule has 1 fully saturated rings. The lowest BCUT2D eigenvalue weighted by atomic mass is 10.0. The van der Waals surface area contributed by atoms with Crippen LogP contribution in [0.5, 0.6) is 0 Å². The van der Waals surface area contributed by atoms with Gasteiger partial charge in [0.1, 0.15) is 5.52 Å². The zero-order valence-electron chi connectivity index (χ0n) is 20.9. The molecule has 2 aromatic carbocycles. The van der Waals surface area contributed by atoms with Crippen LogP contribution in [0, 0.1) is 13.8 Å². The fourth-order valence-corrected chi connectivity index (χ4v) is 4.87. The van der Waals surface area contributed by atoms with Crippen molar-refractivity contribution in [3.63, 3.8) is 0 Å². The minimum Gasteiger partial charge on any atom is -0.328 e. The summed E-state index contributed by atoms with van der Waals surface area (Å²) in [4.78, 5) is 10.5. The normalized spacial score (nSPS) is 13.5. The quantitative estimate of drug-likeness (QED) is 0.256. The van der Waals surface area contributed by atoms with Crippen LogP contribution in [0.2, 0.25) is 0 Å². The van der Waals surface area contributed by atoms with Crippen molar-refractivity contribution in [3.8, 4) is 22.5 Å². The SMILES string of the molecule is Cc1ccc(-c2nc3cc(C4CC4)n(CCCCCc4nn[nH]n4)c3nc2-c2ccc(C)cc2)cc1. The first kappa shape index (κ1) is 22.6. The molecule has 182 valence electrons. The van der Waals surface area contributed by atoms with E-state index < -0.39 is 0 Å². The Morgan fingerprint density at radius 1 is 0.833 bits per heavy atom.